The minimum atomic E-state index is -2.31. The van der Waals surface area contributed by atoms with Gasteiger partial charge in [0.25, 0.3) is 0 Å². The molecule has 1 aliphatic carbocycles. The number of hydrogen-bond donors (Lipinski definition) is 1. The van der Waals surface area contributed by atoms with Crippen molar-refractivity contribution in [2.45, 2.75) is 83.2 Å². The van der Waals surface area contributed by atoms with E-state index in [9.17, 15) is 25.0 Å². The number of carbonyl (C=O) groups is 1. The van der Waals surface area contributed by atoms with Crippen molar-refractivity contribution in [3.8, 4) is 0 Å². The van der Waals surface area contributed by atoms with Gasteiger partial charge in [0.05, 0.1) is 13.2 Å². The Morgan fingerprint density at radius 3 is 1.96 bits per heavy atom. The van der Waals surface area contributed by atoms with Crippen molar-refractivity contribution in [2.75, 3.05) is 7.11 Å². The maximum atomic E-state index is 10.8. The lowest BCUT2D eigenvalue weighted by molar-refractivity contribution is -0.780. The smallest absolute Gasteiger partial charge is 0.481 e. The number of aliphatic hydroxyl groups is 1. The van der Waals surface area contributed by atoms with Crippen LogP contribution in [0.15, 0.2) is 24.0 Å². The standard InChI is InChI=1S/C13H26O2.C6H6N2O5/c1-3-4-5-6-7-8-9-10-11-12-13(14)15-2;9-5-1-3-6(4-2-5,7(10)11)8(12)13/h3-12H2,1-2H3;1-3,9H,4H2. The van der Waals surface area contributed by atoms with Crippen LogP contribution in [-0.4, -0.2) is 33.7 Å². The van der Waals surface area contributed by atoms with Gasteiger partial charge in [-0.25, -0.2) is 0 Å². The molecule has 0 radical (unpaired) electrons. The largest absolute Gasteiger partial charge is 0.508 e. The highest BCUT2D eigenvalue weighted by Gasteiger charge is 2.53. The van der Waals surface area contributed by atoms with Gasteiger partial charge in [0.15, 0.2) is 0 Å². The molecule has 0 aliphatic heterocycles. The summed E-state index contributed by atoms with van der Waals surface area (Å²) in [5.74, 6) is -0.266. The highest BCUT2D eigenvalue weighted by molar-refractivity contribution is 5.68. The van der Waals surface area contributed by atoms with Crippen LogP contribution in [0.2, 0.25) is 0 Å². The van der Waals surface area contributed by atoms with E-state index in [-0.39, 0.29) is 11.7 Å². The van der Waals surface area contributed by atoms with Crippen molar-refractivity contribution in [2.24, 2.45) is 0 Å². The lowest BCUT2D eigenvalue weighted by Gasteiger charge is -2.13. The first-order valence-electron chi connectivity index (χ1n) is 9.74. The number of rotatable bonds is 12. The van der Waals surface area contributed by atoms with E-state index in [1.165, 1.54) is 58.5 Å². The Bertz CT molecular complexity index is 544. The van der Waals surface area contributed by atoms with Crippen molar-refractivity contribution in [1.82, 2.24) is 0 Å². The summed E-state index contributed by atoms with van der Waals surface area (Å²) in [6.45, 7) is 2.24. The van der Waals surface area contributed by atoms with Crippen LogP contribution in [0.25, 0.3) is 0 Å². The fraction of sp³-hybridized carbons (Fsp3) is 0.737. The fourth-order valence-electron chi connectivity index (χ4n) is 2.63. The minimum Gasteiger partial charge on any atom is -0.508 e. The lowest BCUT2D eigenvalue weighted by Crippen LogP contribution is -2.44. The van der Waals surface area contributed by atoms with Gasteiger partial charge in [-0.3, -0.25) is 25.0 Å². The van der Waals surface area contributed by atoms with Gasteiger partial charge in [-0.2, -0.15) is 0 Å². The molecule has 0 amide bonds. The molecule has 9 nitrogen and oxygen atoms in total. The summed E-state index contributed by atoms with van der Waals surface area (Å²) in [4.78, 5) is 29.7. The minimum absolute atomic E-state index is 0.0713. The lowest BCUT2D eigenvalue weighted by atomic mass is 10.0. The average molecular weight is 400 g/mol. The fourth-order valence-corrected chi connectivity index (χ4v) is 2.63. The summed E-state index contributed by atoms with van der Waals surface area (Å²) >= 11 is 0. The number of nitrogens with zero attached hydrogens (tertiary/aromatic N) is 2. The van der Waals surface area contributed by atoms with E-state index in [4.69, 9.17) is 5.11 Å². The first-order valence-corrected chi connectivity index (χ1v) is 9.74. The van der Waals surface area contributed by atoms with Crippen molar-refractivity contribution in [3.63, 3.8) is 0 Å². The van der Waals surface area contributed by atoms with Gasteiger partial charge in [-0.05, 0) is 18.6 Å². The van der Waals surface area contributed by atoms with Crippen LogP contribution in [0.4, 0.5) is 0 Å². The van der Waals surface area contributed by atoms with E-state index in [2.05, 4.69) is 11.7 Å². The highest BCUT2D eigenvalue weighted by Crippen LogP contribution is 2.23. The van der Waals surface area contributed by atoms with Crippen LogP contribution in [-0.2, 0) is 9.53 Å². The number of allylic oxidation sites excluding steroid dienone is 1. The molecular weight excluding hydrogens is 368 g/mol. The summed E-state index contributed by atoms with van der Waals surface area (Å²) in [6, 6.07) is 0. The molecule has 0 saturated heterocycles. The Hall–Kier alpha value is -2.45. The zero-order valence-corrected chi connectivity index (χ0v) is 16.8. The van der Waals surface area contributed by atoms with Crippen molar-refractivity contribution in [1.29, 1.82) is 0 Å². The molecule has 0 fully saturated rings. The number of hydrogen-bond acceptors (Lipinski definition) is 7. The van der Waals surface area contributed by atoms with Gasteiger partial charge in [0.1, 0.15) is 22.0 Å². The van der Waals surface area contributed by atoms with Crippen LogP contribution in [0, 0.1) is 20.2 Å². The molecule has 1 rings (SSSR count). The number of carbonyl (C=O) groups excluding carboxylic acids is 1. The number of methoxy groups -OCH3 is 1. The molecule has 0 spiro atoms. The maximum Gasteiger partial charge on any atom is 0.481 e. The molecule has 28 heavy (non-hydrogen) atoms. The summed E-state index contributed by atoms with van der Waals surface area (Å²) < 4.78 is 4.58. The van der Waals surface area contributed by atoms with E-state index in [1.807, 2.05) is 0 Å². The molecule has 0 heterocycles. The summed E-state index contributed by atoms with van der Waals surface area (Å²) in [7, 11) is 1.45. The molecule has 0 aromatic carbocycles. The molecule has 0 unspecified atom stereocenters. The summed E-state index contributed by atoms with van der Waals surface area (Å²) in [6.07, 6.45) is 14.5. The van der Waals surface area contributed by atoms with Crippen molar-refractivity contribution in [3.05, 3.63) is 44.2 Å². The second kappa shape index (κ2) is 14.6. The van der Waals surface area contributed by atoms with Gasteiger partial charge in [0, 0.05) is 6.42 Å². The van der Waals surface area contributed by atoms with E-state index < -0.39 is 21.9 Å². The van der Waals surface area contributed by atoms with Crippen molar-refractivity contribution >= 4 is 5.97 Å². The Morgan fingerprint density at radius 2 is 1.57 bits per heavy atom. The zero-order chi connectivity index (χ0) is 21.4. The topological polar surface area (TPSA) is 133 Å². The monoisotopic (exact) mass is 400 g/mol. The predicted octanol–water partition coefficient (Wildman–Crippen LogP) is 4.72. The summed E-state index contributed by atoms with van der Waals surface area (Å²) in [5, 5.41) is 29.7. The third-order valence-electron chi connectivity index (χ3n) is 4.48. The molecule has 9 heteroatoms. The Kier molecular flexibility index (Phi) is 13.3. The number of unbranched alkanes of at least 4 members (excludes halogenated alkanes) is 8. The Balaban J connectivity index is 0.000000525. The first-order chi connectivity index (χ1) is 13.3. The van der Waals surface area contributed by atoms with Crippen molar-refractivity contribution < 1.29 is 24.5 Å². The van der Waals surface area contributed by atoms with Crippen LogP contribution in [0.3, 0.4) is 0 Å². The second-order valence-electron chi connectivity index (χ2n) is 6.71. The Labute approximate surface area is 165 Å². The molecule has 0 atom stereocenters. The van der Waals surface area contributed by atoms with E-state index >= 15 is 0 Å². The van der Waals surface area contributed by atoms with Crippen LogP contribution in [0.1, 0.15) is 77.6 Å². The number of esters is 1. The quantitative estimate of drug-likeness (QED) is 0.165. The Morgan fingerprint density at radius 1 is 1.07 bits per heavy atom. The summed E-state index contributed by atoms with van der Waals surface area (Å²) in [5.41, 5.74) is -2.31. The SMILES string of the molecule is CCCCCCCCCCCC(=O)OC.O=[N+]([O-])C1([N+](=O)[O-])C=CC(O)=CC1. The molecule has 0 aromatic heterocycles. The van der Waals surface area contributed by atoms with Crippen LogP contribution < -0.4 is 0 Å². The van der Waals surface area contributed by atoms with Gasteiger partial charge in [0.2, 0.25) is 0 Å². The molecule has 160 valence electrons. The normalized spacial score (nSPS) is 14.4. The van der Waals surface area contributed by atoms with E-state index in [0.29, 0.717) is 6.42 Å². The van der Waals surface area contributed by atoms with E-state index in [0.717, 1.165) is 24.6 Å². The molecule has 0 bridgehead atoms. The first kappa shape index (κ1) is 25.6. The van der Waals surface area contributed by atoms with Gasteiger partial charge >= 0.3 is 11.6 Å². The molecule has 1 N–H and O–H groups in total. The number of aliphatic hydroxyl groups excluding tert-OH is 1. The molecular formula is C19H32N2O7. The molecule has 0 aromatic rings. The van der Waals surface area contributed by atoms with Gasteiger partial charge in [-0.15, -0.1) is 0 Å². The predicted molar refractivity (Wildman–Crippen MR) is 105 cm³/mol. The third kappa shape index (κ3) is 10.0. The number of ether oxygens (including phenoxy) is 1. The van der Waals surface area contributed by atoms with E-state index in [1.54, 1.807) is 0 Å². The number of nitro groups is 2. The average Bonchev–Trinajstić information content (AvgIpc) is 2.67. The van der Waals surface area contributed by atoms with Gasteiger partial charge in [-0.1, -0.05) is 58.3 Å². The second-order valence-corrected chi connectivity index (χ2v) is 6.71. The van der Waals surface area contributed by atoms with Gasteiger partial charge < -0.3 is 9.84 Å². The third-order valence-corrected chi connectivity index (χ3v) is 4.48. The maximum absolute atomic E-state index is 10.8. The zero-order valence-electron chi connectivity index (χ0n) is 16.8. The highest BCUT2D eigenvalue weighted by atomic mass is 16.7. The molecule has 1 aliphatic rings. The van der Waals surface area contributed by atoms with Crippen LogP contribution >= 0.6 is 0 Å². The van der Waals surface area contributed by atoms with Crippen LogP contribution in [0.5, 0.6) is 0 Å². The molecule has 0 saturated carbocycles.